The minimum absolute atomic E-state index is 0.195. The van der Waals surface area contributed by atoms with Crippen LogP contribution in [-0.4, -0.2) is 33.7 Å². The Kier molecular flexibility index (Phi) is 6.42. The van der Waals surface area contributed by atoms with Crippen LogP contribution in [0.5, 0.6) is 0 Å². The van der Waals surface area contributed by atoms with E-state index in [9.17, 15) is 18.8 Å². The monoisotopic (exact) mass is 480 g/mol. The first-order chi connectivity index (χ1) is 16.2. The number of aryl methyl sites for hydroxylation is 1. The fraction of sp³-hybridized carbons (Fsp3) is 0.167. The molecule has 0 aliphatic rings. The number of benzene rings is 2. The Morgan fingerprint density at radius 1 is 1.03 bits per heavy atom. The average molecular weight is 481 g/mol. The highest BCUT2D eigenvalue weighted by Gasteiger charge is 2.23. The predicted molar refractivity (Wildman–Crippen MR) is 128 cm³/mol. The van der Waals surface area contributed by atoms with Gasteiger partial charge in [0.1, 0.15) is 15.5 Å². The van der Waals surface area contributed by atoms with Crippen molar-refractivity contribution in [2.75, 3.05) is 10.6 Å². The number of rotatable bonds is 6. The number of nitrogens with zero attached hydrogens (tertiary/aromatic N) is 2. The van der Waals surface area contributed by atoms with Crippen molar-refractivity contribution in [3.63, 3.8) is 0 Å². The van der Waals surface area contributed by atoms with Crippen LogP contribution in [0.4, 0.5) is 15.8 Å². The van der Waals surface area contributed by atoms with Gasteiger partial charge in [0, 0.05) is 23.7 Å². The summed E-state index contributed by atoms with van der Waals surface area (Å²) in [5.41, 5.74) is 2.48. The highest BCUT2D eigenvalue weighted by molar-refractivity contribution is 7.20. The molecule has 4 aromatic rings. The summed E-state index contributed by atoms with van der Waals surface area (Å²) < 4.78 is 20.3. The molecule has 1 unspecified atom stereocenters. The normalized spacial score (nSPS) is 11.8. The molecule has 2 aromatic heterocycles. The number of anilines is 2. The summed E-state index contributed by atoms with van der Waals surface area (Å²) in [6, 6.07) is 14.1. The first-order valence-corrected chi connectivity index (χ1v) is 11.2. The van der Waals surface area contributed by atoms with Crippen molar-refractivity contribution in [3.8, 4) is 5.69 Å². The molecule has 0 spiro atoms. The molecule has 1 atom stereocenters. The van der Waals surface area contributed by atoms with Gasteiger partial charge < -0.3 is 15.4 Å². The van der Waals surface area contributed by atoms with E-state index in [1.165, 1.54) is 37.3 Å². The molecule has 0 saturated carbocycles. The minimum Gasteiger partial charge on any atom is -0.448 e. The van der Waals surface area contributed by atoms with Crippen LogP contribution >= 0.6 is 11.3 Å². The first-order valence-electron chi connectivity index (χ1n) is 10.4. The van der Waals surface area contributed by atoms with Crippen LogP contribution < -0.4 is 10.6 Å². The van der Waals surface area contributed by atoms with Gasteiger partial charge in [-0.1, -0.05) is 0 Å². The lowest BCUT2D eigenvalue weighted by Crippen LogP contribution is -2.29. The molecule has 2 amide bonds. The van der Waals surface area contributed by atoms with Crippen LogP contribution in [0.25, 0.3) is 15.9 Å². The average Bonchev–Trinajstić information content (AvgIpc) is 3.36. The second-order valence-electron chi connectivity index (χ2n) is 7.60. The number of fused-ring (bicyclic) bond motifs is 1. The summed E-state index contributed by atoms with van der Waals surface area (Å²) in [5, 5.41) is 10.6. The zero-order valence-corrected chi connectivity index (χ0v) is 19.4. The smallest absolute Gasteiger partial charge is 0.349 e. The van der Waals surface area contributed by atoms with Crippen molar-refractivity contribution >= 4 is 50.7 Å². The van der Waals surface area contributed by atoms with Crippen LogP contribution in [0, 0.1) is 12.7 Å². The third-order valence-electron chi connectivity index (χ3n) is 4.94. The van der Waals surface area contributed by atoms with Crippen LogP contribution in [0.3, 0.4) is 0 Å². The van der Waals surface area contributed by atoms with E-state index in [1.54, 1.807) is 47.1 Å². The number of hydrogen-bond donors (Lipinski definition) is 2. The maximum atomic E-state index is 13.3. The van der Waals surface area contributed by atoms with Gasteiger partial charge in [0.2, 0.25) is 5.91 Å². The van der Waals surface area contributed by atoms with E-state index in [4.69, 9.17) is 4.74 Å². The van der Waals surface area contributed by atoms with Crippen molar-refractivity contribution < 1.29 is 23.5 Å². The molecule has 34 heavy (non-hydrogen) atoms. The third kappa shape index (κ3) is 4.96. The Bertz CT molecular complexity index is 1380. The van der Waals surface area contributed by atoms with Crippen LogP contribution in [0.2, 0.25) is 0 Å². The summed E-state index contributed by atoms with van der Waals surface area (Å²) in [5.74, 6) is -1.67. The Hall–Kier alpha value is -4.05. The number of carbonyl (C=O) groups excluding carboxylic acids is 3. The van der Waals surface area contributed by atoms with Crippen LogP contribution in [-0.2, 0) is 14.3 Å². The number of esters is 1. The van der Waals surface area contributed by atoms with Crippen molar-refractivity contribution in [1.29, 1.82) is 0 Å². The van der Waals surface area contributed by atoms with Gasteiger partial charge in [-0.3, -0.25) is 9.59 Å². The van der Waals surface area contributed by atoms with Crippen molar-refractivity contribution in [3.05, 3.63) is 71.0 Å². The van der Waals surface area contributed by atoms with E-state index in [0.29, 0.717) is 32.5 Å². The SMILES string of the molecule is CC(=O)Nc1ccc(NC(=O)C(C)OC(=O)c2cc3c(C)nn(-c4ccc(F)cc4)c3s2)cc1. The fourth-order valence-electron chi connectivity index (χ4n) is 3.26. The number of aromatic nitrogens is 2. The summed E-state index contributed by atoms with van der Waals surface area (Å²) >= 11 is 1.18. The molecule has 10 heteroatoms. The maximum Gasteiger partial charge on any atom is 0.349 e. The molecule has 0 radical (unpaired) electrons. The lowest BCUT2D eigenvalue weighted by atomic mass is 10.2. The molecule has 0 saturated heterocycles. The van der Waals surface area contributed by atoms with E-state index in [-0.39, 0.29) is 11.7 Å². The fourth-order valence-corrected chi connectivity index (χ4v) is 4.33. The van der Waals surface area contributed by atoms with E-state index in [2.05, 4.69) is 15.7 Å². The third-order valence-corrected chi connectivity index (χ3v) is 6.03. The molecule has 174 valence electrons. The topological polar surface area (TPSA) is 102 Å². The van der Waals surface area contributed by atoms with Crippen molar-refractivity contribution in [2.24, 2.45) is 0 Å². The Labute approximate surface area is 198 Å². The molecular weight excluding hydrogens is 459 g/mol. The van der Waals surface area contributed by atoms with Gasteiger partial charge in [0.05, 0.1) is 11.4 Å². The number of ether oxygens (including phenoxy) is 1. The minimum atomic E-state index is -1.04. The zero-order chi connectivity index (χ0) is 24.4. The van der Waals surface area contributed by atoms with Crippen LogP contribution in [0.15, 0.2) is 54.6 Å². The molecule has 2 N–H and O–H groups in total. The molecule has 4 rings (SSSR count). The highest BCUT2D eigenvalue weighted by atomic mass is 32.1. The number of halogens is 1. The van der Waals surface area contributed by atoms with Crippen LogP contribution in [0.1, 0.15) is 29.2 Å². The van der Waals surface area contributed by atoms with E-state index < -0.39 is 18.0 Å². The number of carbonyl (C=O) groups is 3. The second-order valence-corrected chi connectivity index (χ2v) is 8.63. The number of thiophene rings is 1. The van der Waals surface area contributed by atoms with Gasteiger partial charge in [0.15, 0.2) is 6.10 Å². The van der Waals surface area contributed by atoms with Crippen molar-refractivity contribution in [1.82, 2.24) is 9.78 Å². The van der Waals surface area contributed by atoms with E-state index in [1.807, 2.05) is 6.92 Å². The zero-order valence-electron chi connectivity index (χ0n) is 18.6. The van der Waals surface area contributed by atoms with Gasteiger partial charge in [-0.2, -0.15) is 5.10 Å². The van der Waals surface area contributed by atoms with E-state index >= 15 is 0 Å². The quantitative estimate of drug-likeness (QED) is 0.390. The number of amides is 2. The summed E-state index contributed by atoms with van der Waals surface area (Å²) in [7, 11) is 0. The number of hydrogen-bond acceptors (Lipinski definition) is 6. The molecular formula is C24H21FN4O4S. The van der Waals surface area contributed by atoms with Gasteiger partial charge >= 0.3 is 5.97 Å². The maximum absolute atomic E-state index is 13.3. The lowest BCUT2D eigenvalue weighted by molar-refractivity contribution is -0.123. The molecule has 2 heterocycles. The second kappa shape index (κ2) is 9.44. The molecule has 0 aliphatic heterocycles. The van der Waals surface area contributed by atoms with Gasteiger partial charge in [-0.05, 0) is 68.4 Å². The lowest BCUT2D eigenvalue weighted by Gasteiger charge is -2.13. The molecule has 0 bridgehead atoms. The standard InChI is InChI=1S/C24H21FN4O4S/c1-13-20-12-21(34-23(20)29(28-13)19-10-4-16(25)5-11-19)24(32)33-14(2)22(31)27-18-8-6-17(7-9-18)26-15(3)30/h4-12,14H,1-3H3,(H,26,30)(H,27,31). The van der Waals surface area contributed by atoms with Gasteiger partial charge in [0.25, 0.3) is 5.91 Å². The van der Waals surface area contributed by atoms with Gasteiger partial charge in [-0.25, -0.2) is 13.9 Å². The molecule has 0 fully saturated rings. The Morgan fingerprint density at radius 2 is 1.65 bits per heavy atom. The molecule has 0 aliphatic carbocycles. The molecule has 2 aromatic carbocycles. The Morgan fingerprint density at radius 3 is 2.26 bits per heavy atom. The van der Waals surface area contributed by atoms with Crippen molar-refractivity contribution in [2.45, 2.75) is 26.9 Å². The van der Waals surface area contributed by atoms with Gasteiger partial charge in [-0.15, -0.1) is 11.3 Å². The summed E-state index contributed by atoms with van der Waals surface area (Å²) in [4.78, 5) is 37.3. The summed E-state index contributed by atoms with van der Waals surface area (Å²) in [6.45, 7) is 4.71. The predicted octanol–water partition coefficient (Wildman–Crippen LogP) is 4.68. The first kappa shape index (κ1) is 23.1. The largest absolute Gasteiger partial charge is 0.448 e. The Balaban J connectivity index is 1.45. The summed E-state index contributed by atoms with van der Waals surface area (Å²) in [6.07, 6.45) is -1.04. The van der Waals surface area contributed by atoms with E-state index in [0.717, 1.165) is 5.39 Å². The highest BCUT2D eigenvalue weighted by Crippen LogP contribution is 2.31. The molecule has 8 nitrogen and oxygen atoms in total. The number of nitrogens with one attached hydrogen (secondary N) is 2.